The molecule has 0 radical (unpaired) electrons. The van der Waals surface area contributed by atoms with Gasteiger partial charge in [-0.3, -0.25) is 4.79 Å². The van der Waals surface area contributed by atoms with Crippen LogP contribution in [0.15, 0.2) is 24.3 Å². The van der Waals surface area contributed by atoms with Crippen LogP contribution in [0.25, 0.3) is 0 Å². The van der Waals surface area contributed by atoms with Gasteiger partial charge in [0.2, 0.25) is 9.47 Å². The Kier molecular flexibility index (Phi) is 3.17. The topological polar surface area (TPSA) is 54.9 Å². The second-order valence-electron chi connectivity index (χ2n) is 3.13. The molecule has 0 aliphatic heterocycles. The van der Waals surface area contributed by atoms with Crippen molar-refractivity contribution < 1.29 is 4.79 Å². The van der Waals surface area contributed by atoms with Crippen molar-refractivity contribution in [2.24, 2.45) is 0 Å². The number of anilines is 1. The molecule has 2 aromatic rings. The third-order valence-electron chi connectivity index (χ3n) is 1.99. The Labute approximate surface area is 101 Å². The first-order valence-electron chi connectivity index (χ1n) is 4.53. The molecule has 1 N–H and O–H groups in total. The highest BCUT2D eigenvalue weighted by Crippen LogP contribution is 2.18. The van der Waals surface area contributed by atoms with Crippen LogP contribution in [0.5, 0.6) is 0 Å². The Morgan fingerprint density at radius 1 is 1.38 bits per heavy atom. The first kappa shape index (κ1) is 11.0. The van der Waals surface area contributed by atoms with Crippen LogP contribution in [0.4, 0.5) is 5.69 Å². The van der Waals surface area contributed by atoms with E-state index >= 15 is 0 Å². The van der Waals surface area contributed by atoms with E-state index in [-0.39, 0.29) is 15.4 Å². The van der Waals surface area contributed by atoms with Crippen molar-refractivity contribution in [2.75, 3.05) is 5.32 Å². The molecule has 1 aromatic carbocycles. The molecule has 4 nitrogen and oxygen atoms in total. The van der Waals surface area contributed by atoms with Crippen LogP contribution < -0.4 is 5.32 Å². The van der Waals surface area contributed by atoms with Crippen molar-refractivity contribution in [2.45, 2.75) is 6.92 Å². The summed E-state index contributed by atoms with van der Waals surface area (Å²) in [6.45, 7) is 1.92. The predicted octanol–water partition coefficient (Wildman–Crippen LogP) is 2.75. The fraction of sp³-hybridized carbons (Fsp3) is 0.100. The van der Waals surface area contributed by atoms with Crippen molar-refractivity contribution in [3.05, 3.63) is 39.3 Å². The molecule has 0 aliphatic rings. The summed E-state index contributed by atoms with van der Waals surface area (Å²) in [6, 6.07) is 7.51. The van der Waals surface area contributed by atoms with Crippen LogP contribution in [0.1, 0.15) is 15.4 Å². The second kappa shape index (κ2) is 4.59. The van der Waals surface area contributed by atoms with E-state index in [1.807, 2.05) is 31.2 Å². The van der Waals surface area contributed by atoms with E-state index in [4.69, 9.17) is 11.6 Å². The van der Waals surface area contributed by atoms with Crippen molar-refractivity contribution in [3.8, 4) is 0 Å². The molecular formula is C10H8ClN3OS. The molecule has 0 saturated heterocycles. The molecule has 1 aromatic heterocycles. The Morgan fingerprint density at radius 2 is 2.12 bits per heavy atom. The minimum absolute atomic E-state index is 0.258. The van der Waals surface area contributed by atoms with Crippen LogP contribution in [0.3, 0.4) is 0 Å². The predicted molar refractivity (Wildman–Crippen MR) is 64.1 cm³/mol. The molecule has 1 heterocycles. The first-order valence-corrected chi connectivity index (χ1v) is 5.72. The van der Waals surface area contributed by atoms with Gasteiger partial charge in [-0.25, -0.2) is 0 Å². The number of aryl methyl sites for hydroxylation is 1. The van der Waals surface area contributed by atoms with Gasteiger partial charge in [-0.1, -0.05) is 29.5 Å². The smallest absolute Gasteiger partial charge is 0.286 e. The van der Waals surface area contributed by atoms with E-state index in [1.54, 1.807) is 0 Å². The van der Waals surface area contributed by atoms with Gasteiger partial charge in [0.25, 0.3) is 5.91 Å². The van der Waals surface area contributed by atoms with Gasteiger partial charge >= 0.3 is 0 Å². The summed E-state index contributed by atoms with van der Waals surface area (Å²) in [5.74, 6) is -0.293. The quantitative estimate of drug-likeness (QED) is 0.895. The van der Waals surface area contributed by atoms with Crippen LogP contribution >= 0.6 is 22.9 Å². The zero-order valence-corrected chi connectivity index (χ0v) is 9.97. The summed E-state index contributed by atoms with van der Waals surface area (Å²) in [5, 5.41) is 10.2. The maximum Gasteiger partial charge on any atom is 0.286 e. The van der Waals surface area contributed by atoms with Gasteiger partial charge in [-0.05, 0) is 30.2 Å². The number of rotatable bonds is 2. The summed E-state index contributed by atoms with van der Waals surface area (Å²) in [7, 11) is 0. The number of hydrogen-bond acceptors (Lipinski definition) is 4. The summed E-state index contributed by atoms with van der Waals surface area (Å²) >= 11 is 6.66. The Balaban J connectivity index is 2.17. The number of amides is 1. The van der Waals surface area contributed by atoms with Crippen LogP contribution in [0.2, 0.25) is 4.47 Å². The highest BCUT2D eigenvalue weighted by molar-refractivity contribution is 7.17. The van der Waals surface area contributed by atoms with E-state index in [1.165, 1.54) is 0 Å². The average molecular weight is 254 g/mol. The number of hydrogen-bond donors (Lipinski definition) is 1. The minimum Gasteiger partial charge on any atom is -0.320 e. The maximum absolute atomic E-state index is 11.7. The second-order valence-corrected chi connectivity index (χ2v) is 4.69. The molecule has 82 valence electrons. The van der Waals surface area contributed by atoms with E-state index in [9.17, 15) is 4.79 Å². The van der Waals surface area contributed by atoms with Gasteiger partial charge in [0, 0.05) is 5.69 Å². The number of para-hydroxylation sites is 1. The van der Waals surface area contributed by atoms with Crippen molar-refractivity contribution >= 4 is 34.5 Å². The van der Waals surface area contributed by atoms with Gasteiger partial charge in [0.05, 0.1) is 0 Å². The van der Waals surface area contributed by atoms with E-state index in [2.05, 4.69) is 15.5 Å². The van der Waals surface area contributed by atoms with E-state index in [0.717, 1.165) is 22.6 Å². The lowest BCUT2D eigenvalue weighted by molar-refractivity contribution is 0.102. The number of nitrogens with zero attached hydrogens (tertiary/aromatic N) is 2. The average Bonchev–Trinajstić information content (AvgIpc) is 2.68. The van der Waals surface area contributed by atoms with Gasteiger partial charge in [-0.15, -0.1) is 10.2 Å². The fourth-order valence-electron chi connectivity index (χ4n) is 1.19. The third-order valence-corrected chi connectivity index (χ3v) is 3.01. The highest BCUT2D eigenvalue weighted by atomic mass is 35.5. The molecule has 0 saturated carbocycles. The van der Waals surface area contributed by atoms with Gasteiger partial charge < -0.3 is 5.32 Å². The lowest BCUT2D eigenvalue weighted by Gasteiger charge is -2.05. The normalized spacial score (nSPS) is 10.1. The number of nitrogens with one attached hydrogen (secondary N) is 1. The van der Waals surface area contributed by atoms with E-state index in [0.29, 0.717) is 0 Å². The zero-order valence-electron chi connectivity index (χ0n) is 8.40. The molecule has 0 atom stereocenters. The first-order chi connectivity index (χ1) is 7.66. The third kappa shape index (κ3) is 2.37. The molecule has 0 aliphatic carbocycles. The number of halogens is 1. The van der Waals surface area contributed by atoms with Crippen molar-refractivity contribution in [1.82, 2.24) is 10.2 Å². The zero-order chi connectivity index (χ0) is 11.5. The van der Waals surface area contributed by atoms with Crippen molar-refractivity contribution in [1.29, 1.82) is 0 Å². The summed E-state index contributed by atoms with van der Waals surface area (Å²) < 4.78 is 0.259. The summed E-state index contributed by atoms with van der Waals surface area (Å²) in [5.41, 5.74) is 1.75. The molecule has 0 fully saturated rings. The monoisotopic (exact) mass is 253 g/mol. The molecule has 16 heavy (non-hydrogen) atoms. The lowest BCUT2D eigenvalue weighted by Crippen LogP contribution is -2.12. The Hall–Kier alpha value is -1.46. The molecule has 1 amide bonds. The molecular weight excluding hydrogens is 246 g/mol. The van der Waals surface area contributed by atoms with Crippen molar-refractivity contribution in [3.63, 3.8) is 0 Å². The number of carbonyl (C=O) groups is 1. The van der Waals surface area contributed by atoms with Gasteiger partial charge in [-0.2, -0.15) is 0 Å². The van der Waals surface area contributed by atoms with Crippen LogP contribution in [0, 0.1) is 6.92 Å². The minimum atomic E-state index is -0.293. The van der Waals surface area contributed by atoms with Crippen LogP contribution in [-0.4, -0.2) is 16.1 Å². The molecule has 2 rings (SSSR count). The Morgan fingerprint density at radius 3 is 2.75 bits per heavy atom. The maximum atomic E-state index is 11.7. The summed E-state index contributed by atoms with van der Waals surface area (Å²) in [6.07, 6.45) is 0. The SMILES string of the molecule is Cc1ccccc1NC(=O)c1nnc(Cl)s1. The number of carbonyl (C=O) groups excluding carboxylic acids is 1. The molecule has 0 unspecified atom stereocenters. The summed E-state index contributed by atoms with van der Waals surface area (Å²) in [4.78, 5) is 11.7. The van der Waals surface area contributed by atoms with Crippen LogP contribution in [-0.2, 0) is 0 Å². The van der Waals surface area contributed by atoms with E-state index < -0.39 is 0 Å². The standard InChI is InChI=1S/C10H8ClN3OS/c1-6-4-2-3-5-7(6)12-8(15)9-13-14-10(11)16-9/h2-5H,1H3,(H,12,15). The van der Waals surface area contributed by atoms with Gasteiger partial charge in [0.1, 0.15) is 0 Å². The highest BCUT2D eigenvalue weighted by Gasteiger charge is 2.12. The molecule has 0 bridgehead atoms. The number of benzene rings is 1. The number of aromatic nitrogens is 2. The van der Waals surface area contributed by atoms with Gasteiger partial charge in [0.15, 0.2) is 0 Å². The Bertz CT molecular complexity index is 526. The largest absolute Gasteiger partial charge is 0.320 e. The fourth-order valence-corrected chi connectivity index (χ4v) is 1.91. The molecule has 6 heteroatoms. The lowest BCUT2D eigenvalue weighted by atomic mass is 10.2. The molecule has 0 spiro atoms.